The average molecular weight is 405 g/mol. The Hall–Kier alpha value is -0.530. The first-order valence-corrected chi connectivity index (χ1v) is 12.7. The molecule has 3 fully saturated rings. The van der Waals surface area contributed by atoms with Crippen molar-refractivity contribution >= 4 is 5.97 Å². The second-order valence-electron chi connectivity index (χ2n) is 13.1. The van der Waals surface area contributed by atoms with E-state index in [2.05, 4.69) is 41.5 Å². The van der Waals surface area contributed by atoms with Gasteiger partial charge in [0.05, 0.1) is 5.92 Å². The van der Waals surface area contributed by atoms with E-state index in [9.17, 15) is 9.90 Å². The van der Waals surface area contributed by atoms with Gasteiger partial charge >= 0.3 is 5.97 Å². The first kappa shape index (κ1) is 23.1. The van der Waals surface area contributed by atoms with Crippen LogP contribution in [0, 0.1) is 52.3 Å². The van der Waals surface area contributed by atoms with Crippen LogP contribution in [0.3, 0.4) is 0 Å². The molecule has 0 radical (unpaired) electrons. The Morgan fingerprint density at radius 1 is 0.621 bits per heavy atom. The molecule has 29 heavy (non-hydrogen) atoms. The summed E-state index contributed by atoms with van der Waals surface area (Å²) in [7, 11) is 0. The molecule has 2 nitrogen and oxygen atoms in total. The van der Waals surface area contributed by atoms with Crippen molar-refractivity contribution < 1.29 is 9.90 Å². The van der Waals surface area contributed by atoms with Gasteiger partial charge in [-0.25, -0.2) is 0 Å². The van der Waals surface area contributed by atoms with Crippen molar-refractivity contribution in [3.05, 3.63) is 0 Å². The number of carboxylic acids is 1. The smallest absolute Gasteiger partial charge is 0.307 e. The third-order valence-electron chi connectivity index (χ3n) is 9.49. The normalized spacial score (nSPS) is 39.9. The van der Waals surface area contributed by atoms with Crippen molar-refractivity contribution in [2.24, 2.45) is 52.3 Å². The van der Waals surface area contributed by atoms with E-state index in [0.29, 0.717) is 34.5 Å². The molecule has 0 aromatic heterocycles. The topological polar surface area (TPSA) is 37.3 Å². The van der Waals surface area contributed by atoms with Crippen molar-refractivity contribution in [1.29, 1.82) is 0 Å². The predicted molar refractivity (Wildman–Crippen MR) is 122 cm³/mol. The molecule has 2 heteroatoms. The summed E-state index contributed by atoms with van der Waals surface area (Å²) in [6, 6.07) is 0. The molecule has 3 aliphatic rings. The van der Waals surface area contributed by atoms with Crippen LogP contribution < -0.4 is 0 Å². The second kappa shape index (κ2) is 8.91. The standard InChI is InChI=1S/C27H48O2/c1-26(2,3)20-14-10-18(11-15-20)22-8-7-9-23(24(22)25(28)29)19-12-16-21(17-13-19)27(4,5)6/h18-24H,7-17H2,1-6H3,(H,28,29). The Bertz CT molecular complexity index is 494. The second-order valence-corrected chi connectivity index (χ2v) is 13.1. The fourth-order valence-corrected chi connectivity index (χ4v) is 7.52. The predicted octanol–water partition coefficient (Wildman–Crippen LogP) is 7.81. The van der Waals surface area contributed by atoms with E-state index in [4.69, 9.17) is 0 Å². The van der Waals surface area contributed by atoms with E-state index in [1.807, 2.05) is 0 Å². The summed E-state index contributed by atoms with van der Waals surface area (Å²) in [4.78, 5) is 12.5. The molecule has 0 aliphatic heterocycles. The van der Waals surface area contributed by atoms with Gasteiger partial charge in [-0.05, 0) is 111 Å². The number of hydrogen-bond acceptors (Lipinski definition) is 1. The van der Waals surface area contributed by atoms with Crippen molar-refractivity contribution in [1.82, 2.24) is 0 Å². The summed E-state index contributed by atoms with van der Waals surface area (Å²) in [5.74, 6) is 3.27. The maximum atomic E-state index is 12.5. The van der Waals surface area contributed by atoms with Crippen LogP contribution in [0.5, 0.6) is 0 Å². The van der Waals surface area contributed by atoms with Crippen LogP contribution in [-0.2, 0) is 4.79 Å². The van der Waals surface area contributed by atoms with Crippen LogP contribution >= 0.6 is 0 Å². The Labute approximate surface area is 180 Å². The Balaban J connectivity index is 1.66. The van der Waals surface area contributed by atoms with Crippen LogP contribution in [0.2, 0.25) is 0 Å². The molecule has 1 N–H and O–H groups in total. The third-order valence-corrected chi connectivity index (χ3v) is 9.49. The van der Waals surface area contributed by atoms with E-state index in [1.165, 1.54) is 57.8 Å². The molecule has 168 valence electrons. The molecular weight excluding hydrogens is 356 g/mol. The van der Waals surface area contributed by atoms with Crippen LogP contribution in [0.1, 0.15) is 112 Å². The largest absolute Gasteiger partial charge is 0.481 e. The minimum atomic E-state index is -0.476. The minimum Gasteiger partial charge on any atom is -0.481 e. The highest BCUT2D eigenvalue weighted by Gasteiger charge is 2.46. The first-order valence-electron chi connectivity index (χ1n) is 12.7. The number of hydrogen-bond donors (Lipinski definition) is 1. The molecule has 2 atom stereocenters. The molecule has 0 saturated heterocycles. The van der Waals surface area contributed by atoms with Crippen LogP contribution in [0.4, 0.5) is 0 Å². The SMILES string of the molecule is CC(C)(C)C1CCC(C2CCCC(C3CCC(C(C)(C)C)CC3)C2C(=O)O)CC1. The lowest BCUT2D eigenvalue weighted by atomic mass is 9.57. The fourth-order valence-electron chi connectivity index (χ4n) is 7.52. The van der Waals surface area contributed by atoms with Gasteiger partial charge in [0, 0.05) is 0 Å². The van der Waals surface area contributed by atoms with E-state index >= 15 is 0 Å². The molecule has 3 saturated carbocycles. The molecule has 0 aromatic rings. The molecule has 0 bridgehead atoms. The summed E-state index contributed by atoms with van der Waals surface area (Å²) >= 11 is 0. The maximum absolute atomic E-state index is 12.5. The summed E-state index contributed by atoms with van der Waals surface area (Å²) in [5, 5.41) is 10.3. The Morgan fingerprint density at radius 2 is 0.966 bits per heavy atom. The van der Waals surface area contributed by atoms with Crippen molar-refractivity contribution in [2.45, 2.75) is 112 Å². The summed E-state index contributed by atoms with van der Waals surface area (Å²) in [6.45, 7) is 14.3. The van der Waals surface area contributed by atoms with E-state index in [-0.39, 0.29) is 5.92 Å². The van der Waals surface area contributed by atoms with Crippen molar-refractivity contribution in [3.63, 3.8) is 0 Å². The summed E-state index contributed by atoms with van der Waals surface area (Å²) in [6.07, 6.45) is 13.9. The average Bonchev–Trinajstić information content (AvgIpc) is 2.66. The highest BCUT2D eigenvalue weighted by atomic mass is 16.4. The number of carboxylic acid groups (broad SMARTS) is 1. The van der Waals surface area contributed by atoms with Gasteiger partial charge < -0.3 is 5.11 Å². The lowest BCUT2D eigenvalue weighted by Crippen LogP contribution is -2.43. The van der Waals surface area contributed by atoms with Crippen LogP contribution in [0.25, 0.3) is 0 Å². The molecule has 3 aliphatic carbocycles. The lowest BCUT2D eigenvalue weighted by molar-refractivity contribution is -0.151. The fraction of sp³-hybridized carbons (Fsp3) is 0.963. The van der Waals surface area contributed by atoms with Gasteiger partial charge in [0.25, 0.3) is 0 Å². The molecule has 0 aromatic carbocycles. The van der Waals surface area contributed by atoms with E-state index < -0.39 is 5.97 Å². The van der Waals surface area contributed by atoms with Gasteiger partial charge in [-0.3, -0.25) is 4.79 Å². The molecule has 0 amide bonds. The van der Waals surface area contributed by atoms with Crippen molar-refractivity contribution in [2.75, 3.05) is 0 Å². The van der Waals surface area contributed by atoms with Gasteiger partial charge in [-0.2, -0.15) is 0 Å². The quantitative estimate of drug-likeness (QED) is 0.521. The molecule has 0 spiro atoms. The number of aliphatic carboxylic acids is 1. The lowest BCUT2D eigenvalue weighted by Gasteiger charge is -2.47. The highest BCUT2D eigenvalue weighted by Crippen LogP contribution is 2.52. The Kier molecular flexibility index (Phi) is 7.11. The van der Waals surface area contributed by atoms with Gasteiger partial charge in [-0.15, -0.1) is 0 Å². The number of rotatable bonds is 3. The number of carbonyl (C=O) groups is 1. The molecular formula is C27H48O2. The maximum Gasteiger partial charge on any atom is 0.307 e. The van der Waals surface area contributed by atoms with Gasteiger partial charge in [-0.1, -0.05) is 48.0 Å². The van der Waals surface area contributed by atoms with Gasteiger partial charge in [0.2, 0.25) is 0 Å². The molecule has 2 unspecified atom stereocenters. The molecule has 3 rings (SSSR count). The molecule has 0 heterocycles. The monoisotopic (exact) mass is 404 g/mol. The van der Waals surface area contributed by atoms with E-state index in [1.54, 1.807) is 0 Å². The summed E-state index contributed by atoms with van der Waals surface area (Å²) in [5.41, 5.74) is 0.802. The van der Waals surface area contributed by atoms with Gasteiger partial charge in [0.1, 0.15) is 0 Å². The van der Waals surface area contributed by atoms with Gasteiger partial charge in [0.15, 0.2) is 0 Å². The van der Waals surface area contributed by atoms with Crippen molar-refractivity contribution in [3.8, 4) is 0 Å². The zero-order chi connectivity index (χ0) is 21.4. The highest BCUT2D eigenvalue weighted by molar-refractivity contribution is 5.71. The third kappa shape index (κ3) is 5.40. The Morgan fingerprint density at radius 3 is 1.24 bits per heavy atom. The minimum absolute atomic E-state index is 0.0730. The summed E-state index contributed by atoms with van der Waals surface area (Å²) < 4.78 is 0. The zero-order valence-electron chi connectivity index (χ0n) is 20.2. The first-order chi connectivity index (χ1) is 13.5. The van der Waals surface area contributed by atoms with Crippen LogP contribution in [0.15, 0.2) is 0 Å². The van der Waals surface area contributed by atoms with Crippen LogP contribution in [-0.4, -0.2) is 11.1 Å². The van der Waals surface area contributed by atoms with E-state index in [0.717, 1.165) is 24.7 Å². The zero-order valence-corrected chi connectivity index (χ0v) is 20.2.